The molecule has 0 N–H and O–H groups in total. The molecule has 0 amide bonds. The van der Waals surface area contributed by atoms with Gasteiger partial charge in [0.1, 0.15) is 5.01 Å². The first-order valence-electron chi connectivity index (χ1n) is 5.37. The largest absolute Gasteiger partial charge is 0.284 e. The molecule has 3 aromatic rings. The van der Waals surface area contributed by atoms with Gasteiger partial charge in [-0.05, 0) is 18.2 Å². The van der Waals surface area contributed by atoms with Crippen molar-refractivity contribution in [2.24, 2.45) is 0 Å². The van der Waals surface area contributed by atoms with Crippen LogP contribution in [0, 0.1) is 0 Å². The van der Waals surface area contributed by atoms with Gasteiger partial charge >= 0.3 is 0 Å². The molecule has 0 aliphatic carbocycles. The van der Waals surface area contributed by atoms with Crippen LogP contribution in [0.2, 0.25) is 0 Å². The van der Waals surface area contributed by atoms with Crippen LogP contribution in [0.25, 0.3) is 16.3 Å². The van der Waals surface area contributed by atoms with E-state index < -0.39 is 0 Å². The van der Waals surface area contributed by atoms with Gasteiger partial charge in [-0.25, -0.2) is 4.98 Å². The highest BCUT2D eigenvalue weighted by Crippen LogP contribution is 2.20. The second-order valence-corrected chi connectivity index (χ2v) is 4.56. The zero-order valence-corrected chi connectivity index (χ0v) is 10.2. The summed E-state index contributed by atoms with van der Waals surface area (Å²) >= 11 is 1.55. The molecule has 0 aromatic carbocycles. The van der Waals surface area contributed by atoms with E-state index in [1.165, 1.54) is 0 Å². The van der Waals surface area contributed by atoms with E-state index >= 15 is 0 Å². The van der Waals surface area contributed by atoms with E-state index in [4.69, 9.17) is 0 Å². The maximum atomic E-state index is 11.9. The molecule has 3 aromatic heterocycles. The van der Waals surface area contributed by atoms with Crippen molar-refractivity contribution >= 4 is 11.3 Å². The Labute approximate surface area is 107 Å². The van der Waals surface area contributed by atoms with E-state index in [2.05, 4.69) is 9.97 Å². The number of hydrogen-bond acceptors (Lipinski definition) is 4. The molecule has 88 valence electrons. The van der Waals surface area contributed by atoms with E-state index in [1.54, 1.807) is 65.0 Å². The fourth-order valence-electron chi connectivity index (χ4n) is 1.69. The smallest absolute Gasteiger partial charge is 0.255 e. The third kappa shape index (κ3) is 1.96. The number of nitrogens with zero attached hydrogens (tertiary/aromatic N) is 3. The normalized spacial score (nSPS) is 10.4. The third-order valence-electron chi connectivity index (χ3n) is 2.53. The molecular weight excluding hydrogens is 246 g/mol. The lowest BCUT2D eigenvalue weighted by Crippen LogP contribution is -2.16. The topological polar surface area (TPSA) is 47.8 Å². The van der Waals surface area contributed by atoms with Crippen LogP contribution in [0.4, 0.5) is 0 Å². The Morgan fingerprint density at radius 2 is 1.89 bits per heavy atom. The van der Waals surface area contributed by atoms with Crippen LogP contribution in [-0.4, -0.2) is 14.5 Å². The molecule has 0 bridgehead atoms. The first-order valence-corrected chi connectivity index (χ1v) is 6.25. The fraction of sp³-hybridized carbons (Fsp3) is 0. The van der Waals surface area contributed by atoms with Gasteiger partial charge in [-0.3, -0.25) is 14.3 Å². The number of thiazole rings is 1. The lowest BCUT2D eigenvalue weighted by molar-refractivity contribution is 0.986. The lowest BCUT2D eigenvalue weighted by atomic mass is 10.3. The van der Waals surface area contributed by atoms with Crippen molar-refractivity contribution < 1.29 is 0 Å². The van der Waals surface area contributed by atoms with Crippen LogP contribution in [0.5, 0.6) is 0 Å². The average molecular weight is 255 g/mol. The molecule has 3 rings (SSSR count). The number of hydrogen-bond donors (Lipinski definition) is 0. The molecule has 3 heterocycles. The SMILES string of the molecule is O=c1ccc(-c2nccs2)cn1-c1ccncc1. The van der Waals surface area contributed by atoms with Crippen molar-refractivity contribution in [3.8, 4) is 16.3 Å². The summed E-state index contributed by atoms with van der Waals surface area (Å²) in [6.07, 6.45) is 6.88. The molecule has 0 saturated carbocycles. The van der Waals surface area contributed by atoms with E-state index in [1.807, 2.05) is 5.38 Å². The van der Waals surface area contributed by atoms with Crippen LogP contribution in [0.3, 0.4) is 0 Å². The van der Waals surface area contributed by atoms with E-state index in [0.717, 1.165) is 16.3 Å². The van der Waals surface area contributed by atoms with Crippen molar-refractivity contribution in [3.63, 3.8) is 0 Å². The van der Waals surface area contributed by atoms with Gasteiger partial charge in [0.25, 0.3) is 5.56 Å². The number of rotatable bonds is 2. The Kier molecular flexibility index (Phi) is 2.74. The van der Waals surface area contributed by atoms with Gasteiger partial charge in [-0.2, -0.15) is 0 Å². The predicted molar refractivity (Wildman–Crippen MR) is 70.9 cm³/mol. The molecule has 0 atom stereocenters. The van der Waals surface area contributed by atoms with Gasteiger partial charge in [-0.15, -0.1) is 11.3 Å². The Balaban J connectivity index is 2.16. The van der Waals surface area contributed by atoms with Crippen LogP contribution >= 0.6 is 11.3 Å². The monoisotopic (exact) mass is 255 g/mol. The van der Waals surface area contributed by atoms with Gasteiger partial charge in [0, 0.05) is 41.8 Å². The Morgan fingerprint density at radius 3 is 2.61 bits per heavy atom. The Bertz CT molecular complexity index is 705. The van der Waals surface area contributed by atoms with Crippen molar-refractivity contribution in [2.45, 2.75) is 0 Å². The van der Waals surface area contributed by atoms with Crippen LogP contribution in [0.15, 0.2) is 59.2 Å². The molecule has 0 saturated heterocycles. The first-order chi connectivity index (χ1) is 8.84. The summed E-state index contributed by atoms with van der Waals surface area (Å²) in [6.45, 7) is 0. The van der Waals surface area contributed by atoms with Gasteiger partial charge in [0.05, 0.1) is 5.69 Å². The summed E-state index contributed by atoms with van der Waals surface area (Å²) in [5, 5.41) is 2.81. The van der Waals surface area contributed by atoms with Gasteiger partial charge in [0.2, 0.25) is 0 Å². The number of pyridine rings is 2. The number of aromatic nitrogens is 3. The molecule has 0 aliphatic rings. The average Bonchev–Trinajstić information content (AvgIpc) is 2.94. The molecule has 0 unspecified atom stereocenters. The van der Waals surface area contributed by atoms with Crippen LogP contribution in [0.1, 0.15) is 0 Å². The van der Waals surface area contributed by atoms with Gasteiger partial charge in [-0.1, -0.05) is 0 Å². The minimum absolute atomic E-state index is 0.0680. The van der Waals surface area contributed by atoms with Crippen molar-refractivity contribution in [3.05, 3.63) is 64.8 Å². The fourth-order valence-corrected chi connectivity index (χ4v) is 2.32. The molecule has 5 heteroatoms. The summed E-state index contributed by atoms with van der Waals surface area (Å²) in [4.78, 5) is 20.1. The summed E-state index contributed by atoms with van der Waals surface area (Å²) < 4.78 is 1.60. The minimum Gasteiger partial charge on any atom is -0.284 e. The minimum atomic E-state index is -0.0680. The highest BCUT2D eigenvalue weighted by Gasteiger charge is 2.04. The van der Waals surface area contributed by atoms with Crippen molar-refractivity contribution in [2.75, 3.05) is 0 Å². The van der Waals surface area contributed by atoms with Crippen LogP contribution < -0.4 is 5.56 Å². The van der Waals surface area contributed by atoms with E-state index in [0.29, 0.717) is 0 Å². The maximum Gasteiger partial charge on any atom is 0.255 e. The maximum absolute atomic E-state index is 11.9. The molecule has 0 fully saturated rings. The van der Waals surface area contributed by atoms with Crippen molar-refractivity contribution in [1.82, 2.24) is 14.5 Å². The zero-order valence-electron chi connectivity index (χ0n) is 9.35. The van der Waals surface area contributed by atoms with Gasteiger partial charge in [0.15, 0.2) is 0 Å². The molecule has 4 nitrogen and oxygen atoms in total. The molecule has 0 spiro atoms. The Morgan fingerprint density at radius 1 is 1.06 bits per heavy atom. The van der Waals surface area contributed by atoms with Crippen molar-refractivity contribution in [1.29, 1.82) is 0 Å². The highest BCUT2D eigenvalue weighted by molar-refractivity contribution is 7.13. The lowest BCUT2D eigenvalue weighted by Gasteiger charge is -2.06. The van der Waals surface area contributed by atoms with E-state index in [-0.39, 0.29) is 5.56 Å². The highest BCUT2D eigenvalue weighted by atomic mass is 32.1. The zero-order chi connectivity index (χ0) is 12.4. The summed E-state index contributed by atoms with van der Waals surface area (Å²) in [5.74, 6) is 0. The molecule has 0 aliphatic heterocycles. The quantitative estimate of drug-likeness (QED) is 0.706. The second-order valence-electron chi connectivity index (χ2n) is 3.67. The first kappa shape index (κ1) is 10.9. The third-order valence-corrected chi connectivity index (χ3v) is 3.35. The molecule has 0 radical (unpaired) electrons. The predicted octanol–water partition coefficient (Wildman–Crippen LogP) is 2.36. The summed E-state index contributed by atoms with van der Waals surface area (Å²) in [6, 6.07) is 6.94. The van der Waals surface area contributed by atoms with E-state index in [9.17, 15) is 4.79 Å². The van der Waals surface area contributed by atoms with Crippen LogP contribution in [-0.2, 0) is 0 Å². The molecule has 18 heavy (non-hydrogen) atoms. The summed E-state index contributed by atoms with van der Waals surface area (Å²) in [5.41, 5.74) is 1.66. The second kappa shape index (κ2) is 4.54. The Hall–Kier alpha value is -2.27. The van der Waals surface area contributed by atoms with Gasteiger partial charge < -0.3 is 0 Å². The molecular formula is C13H9N3OS. The summed E-state index contributed by atoms with van der Waals surface area (Å²) in [7, 11) is 0. The standard InChI is InChI=1S/C13H9N3OS/c17-12-2-1-10(13-15-7-8-18-13)9-16(12)11-3-5-14-6-4-11/h1-9H.